The van der Waals surface area contributed by atoms with E-state index in [-0.39, 0.29) is 12.1 Å². The monoisotopic (exact) mass is 168 g/mol. The van der Waals surface area contributed by atoms with Gasteiger partial charge < -0.3 is 4.74 Å². The van der Waals surface area contributed by atoms with Crippen molar-refractivity contribution in [3.05, 3.63) is 12.2 Å². The van der Waals surface area contributed by atoms with Crippen molar-refractivity contribution in [3.63, 3.8) is 0 Å². The molecule has 0 aliphatic carbocycles. The fraction of sp³-hybridized carbons (Fsp3) is 0.700. The average Bonchev–Trinajstić information content (AvgIpc) is 2.45. The summed E-state index contributed by atoms with van der Waals surface area (Å²) in [6, 6.07) is 0. The number of cyclic esters (lactones) is 1. The predicted molar refractivity (Wildman–Crippen MR) is 47.8 cm³/mol. The van der Waals surface area contributed by atoms with Crippen molar-refractivity contribution in [1.82, 2.24) is 0 Å². The minimum absolute atomic E-state index is 0.0642. The van der Waals surface area contributed by atoms with Crippen LogP contribution in [0, 0.1) is 0 Å². The van der Waals surface area contributed by atoms with Crippen LogP contribution in [-0.4, -0.2) is 12.1 Å². The second kappa shape index (κ2) is 4.96. The van der Waals surface area contributed by atoms with Gasteiger partial charge in [0.1, 0.15) is 6.10 Å². The highest BCUT2D eigenvalue weighted by atomic mass is 16.5. The zero-order valence-corrected chi connectivity index (χ0v) is 7.58. The van der Waals surface area contributed by atoms with Crippen molar-refractivity contribution >= 4 is 5.97 Å². The maximum Gasteiger partial charge on any atom is 0.331 e. The quantitative estimate of drug-likeness (QED) is 0.465. The lowest BCUT2D eigenvalue weighted by molar-refractivity contribution is -0.138. The molecule has 0 saturated heterocycles. The number of hydrogen-bond donors (Lipinski definition) is 0. The van der Waals surface area contributed by atoms with E-state index < -0.39 is 0 Å². The van der Waals surface area contributed by atoms with Crippen LogP contribution in [0.1, 0.15) is 39.0 Å². The standard InChI is InChI=1S/C10H16O2/c1-2-3-4-5-6-9-7-8-10(11)12-9/h7-9H,2-6H2,1H3. The Kier molecular flexibility index (Phi) is 3.85. The van der Waals surface area contributed by atoms with Crippen molar-refractivity contribution in [1.29, 1.82) is 0 Å². The fourth-order valence-electron chi connectivity index (χ4n) is 1.34. The molecular formula is C10H16O2. The fourth-order valence-corrected chi connectivity index (χ4v) is 1.34. The number of ether oxygens (including phenoxy) is 1. The normalized spacial score (nSPS) is 21.4. The van der Waals surface area contributed by atoms with E-state index in [0.717, 1.165) is 12.8 Å². The summed E-state index contributed by atoms with van der Waals surface area (Å²) in [6.07, 6.45) is 9.37. The minimum Gasteiger partial charge on any atom is -0.455 e. The molecule has 1 heterocycles. The third-order valence-electron chi connectivity index (χ3n) is 2.06. The molecule has 0 radical (unpaired) electrons. The van der Waals surface area contributed by atoms with E-state index in [9.17, 15) is 4.79 Å². The molecule has 12 heavy (non-hydrogen) atoms. The highest BCUT2D eigenvalue weighted by molar-refractivity contribution is 5.84. The summed E-state index contributed by atoms with van der Waals surface area (Å²) in [6.45, 7) is 2.19. The molecule has 1 aliphatic rings. The molecule has 68 valence electrons. The number of hydrogen-bond acceptors (Lipinski definition) is 2. The Morgan fingerprint density at radius 3 is 2.83 bits per heavy atom. The molecule has 2 nitrogen and oxygen atoms in total. The van der Waals surface area contributed by atoms with E-state index >= 15 is 0 Å². The Labute approximate surface area is 73.6 Å². The molecule has 0 bridgehead atoms. The molecule has 2 heteroatoms. The third-order valence-corrected chi connectivity index (χ3v) is 2.06. The first-order chi connectivity index (χ1) is 5.83. The zero-order chi connectivity index (χ0) is 8.81. The number of unbranched alkanes of at least 4 members (excludes halogenated alkanes) is 3. The van der Waals surface area contributed by atoms with Crippen molar-refractivity contribution < 1.29 is 9.53 Å². The van der Waals surface area contributed by atoms with Gasteiger partial charge in [-0.25, -0.2) is 4.79 Å². The molecule has 0 N–H and O–H groups in total. The first-order valence-electron chi connectivity index (χ1n) is 4.71. The maximum atomic E-state index is 10.6. The van der Waals surface area contributed by atoms with E-state index in [0.29, 0.717) is 0 Å². The van der Waals surface area contributed by atoms with E-state index in [2.05, 4.69) is 6.92 Å². The highest BCUT2D eigenvalue weighted by Gasteiger charge is 2.14. The number of carbonyl (C=O) groups excluding carboxylic acids is 1. The number of esters is 1. The lowest BCUT2D eigenvalue weighted by Gasteiger charge is -2.06. The van der Waals surface area contributed by atoms with Crippen LogP contribution >= 0.6 is 0 Å². The Morgan fingerprint density at radius 1 is 1.42 bits per heavy atom. The second-order valence-corrected chi connectivity index (χ2v) is 3.18. The van der Waals surface area contributed by atoms with Gasteiger partial charge in [-0.1, -0.05) is 26.2 Å². The van der Waals surface area contributed by atoms with Gasteiger partial charge in [0.25, 0.3) is 0 Å². The van der Waals surface area contributed by atoms with Gasteiger partial charge in [0.2, 0.25) is 0 Å². The summed E-state index contributed by atoms with van der Waals surface area (Å²) in [5, 5.41) is 0. The molecular weight excluding hydrogens is 152 g/mol. The highest BCUT2D eigenvalue weighted by Crippen LogP contribution is 2.13. The molecule has 1 unspecified atom stereocenters. The first kappa shape index (κ1) is 9.30. The summed E-state index contributed by atoms with van der Waals surface area (Å²) in [5.41, 5.74) is 0. The molecule has 0 aromatic rings. The molecule has 1 aliphatic heterocycles. The SMILES string of the molecule is CCCCCCC1C=CC(=O)O1. The summed E-state index contributed by atoms with van der Waals surface area (Å²) < 4.78 is 4.99. The first-order valence-corrected chi connectivity index (χ1v) is 4.71. The molecule has 0 fully saturated rings. The van der Waals surface area contributed by atoms with Crippen LogP contribution in [0.15, 0.2) is 12.2 Å². The molecule has 1 rings (SSSR count). The maximum absolute atomic E-state index is 10.6. The Bertz CT molecular complexity index is 173. The van der Waals surface area contributed by atoms with Crippen molar-refractivity contribution in [3.8, 4) is 0 Å². The minimum atomic E-state index is -0.185. The van der Waals surface area contributed by atoms with Gasteiger partial charge in [0.05, 0.1) is 0 Å². The predicted octanol–water partition coefficient (Wildman–Crippen LogP) is 2.44. The van der Waals surface area contributed by atoms with Crippen LogP contribution in [0.2, 0.25) is 0 Å². The van der Waals surface area contributed by atoms with Gasteiger partial charge in [-0.05, 0) is 18.9 Å². The van der Waals surface area contributed by atoms with Gasteiger partial charge in [0, 0.05) is 6.08 Å². The van der Waals surface area contributed by atoms with Gasteiger partial charge in [-0.2, -0.15) is 0 Å². The van der Waals surface area contributed by atoms with E-state index in [4.69, 9.17) is 4.74 Å². The third kappa shape index (κ3) is 3.07. The van der Waals surface area contributed by atoms with Crippen molar-refractivity contribution in [2.45, 2.75) is 45.1 Å². The van der Waals surface area contributed by atoms with Gasteiger partial charge in [-0.15, -0.1) is 0 Å². The van der Waals surface area contributed by atoms with E-state index in [1.807, 2.05) is 6.08 Å². The van der Waals surface area contributed by atoms with Crippen LogP contribution in [0.3, 0.4) is 0 Å². The Morgan fingerprint density at radius 2 is 2.25 bits per heavy atom. The van der Waals surface area contributed by atoms with E-state index in [1.165, 1.54) is 25.3 Å². The molecule has 0 spiro atoms. The van der Waals surface area contributed by atoms with Crippen LogP contribution in [0.5, 0.6) is 0 Å². The molecule has 1 atom stereocenters. The van der Waals surface area contributed by atoms with Crippen LogP contribution < -0.4 is 0 Å². The largest absolute Gasteiger partial charge is 0.455 e. The van der Waals surface area contributed by atoms with Gasteiger partial charge in [0.15, 0.2) is 0 Å². The molecule has 0 saturated carbocycles. The molecule has 0 aromatic carbocycles. The van der Waals surface area contributed by atoms with Crippen molar-refractivity contribution in [2.75, 3.05) is 0 Å². The van der Waals surface area contributed by atoms with E-state index in [1.54, 1.807) is 0 Å². The van der Waals surface area contributed by atoms with Gasteiger partial charge >= 0.3 is 5.97 Å². The topological polar surface area (TPSA) is 26.3 Å². The van der Waals surface area contributed by atoms with Crippen molar-refractivity contribution in [2.24, 2.45) is 0 Å². The number of carbonyl (C=O) groups is 1. The van der Waals surface area contributed by atoms with Gasteiger partial charge in [-0.3, -0.25) is 0 Å². The lowest BCUT2D eigenvalue weighted by atomic mass is 10.1. The van der Waals surface area contributed by atoms with Crippen LogP contribution in [0.4, 0.5) is 0 Å². The summed E-state index contributed by atoms with van der Waals surface area (Å²) >= 11 is 0. The lowest BCUT2D eigenvalue weighted by Crippen LogP contribution is -2.06. The molecule has 0 aromatic heterocycles. The Balaban J connectivity index is 2.01. The van der Waals surface area contributed by atoms with Crippen LogP contribution in [0.25, 0.3) is 0 Å². The summed E-state index contributed by atoms with van der Waals surface area (Å²) in [4.78, 5) is 10.6. The average molecular weight is 168 g/mol. The zero-order valence-electron chi connectivity index (χ0n) is 7.58. The Hall–Kier alpha value is -0.790. The van der Waals surface area contributed by atoms with Crippen LogP contribution in [-0.2, 0) is 9.53 Å². The smallest absolute Gasteiger partial charge is 0.331 e. The summed E-state index contributed by atoms with van der Waals surface area (Å²) in [7, 11) is 0. The second-order valence-electron chi connectivity index (χ2n) is 3.18. The molecule has 0 amide bonds. The summed E-state index contributed by atoms with van der Waals surface area (Å²) in [5.74, 6) is -0.185. The number of rotatable bonds is 5.